The van der Waals surface area contributed by atoms with E-state index in [1.54, 1.807) is 13.3 Å². The van der Waals surface area contributed by atoms with Crippen molar-refractivity contribution in [1.29, 1.82) is 0 Å². The minimum absolute atomic E-state index is 0.352. The second kappa shape index (κ2) is 6.11. The topological polar surface area (TPSA) is 34.1 Å². The lowest BCUT2D eigenvalue weighted by molar-refractivity contribution is 0.171. The number of pyridine rings is 1. The van der Waals surface area contributed by atoms with E-state index in [2.05, 4.69) is 33.2 Å². The van der Waals surface area contributed by atoms with Gasteiger partial charge in [-0.2, -0.15) is 0 Å². The smallest absolute Gasteiger partial charge is 0.0613 e. The van der Waals surface area contributed by atoms with E-state index in [9.17, 15) is 0 Å². The number of aromatic nitrogens is 1. The first-order valence-electron chi connectivity index (χ1n) is 4.55. The van der Waals surface area contributed by atoms with Gasteiger partial charge in [-0.15, -0.1) is 0 Å². The molecular formula is C10H15BrN2O. The largest absolute Gasteiger partial charge is 0.383 e. The molecule has 1 rings (SSSR count). The summed E-state index contributed by atoms with van der Waals surface area (Å²) in [6, 6.07) is 4.34. The Hall–Kier alpha value is -0.450. The Bertz CT molecular complexity index is 263. The lowest BCUT2D eigenvalue weighted by Crippen LogP contribution is -2.29. The van der Waals surface area contributed by atoms with Crippen molar-refractivity contribution in [1.82, 2.24) is 10.3 Å². The summed E-state index contributed by atoms with van der Waals surface area (Å²) in [5, 5.41) is 3.32. The molecule has 0 radical (unpaired) electrons. The highest BCUT2D eigenvalue weighted by Gasteiger charge is 2.00. The molecule has 0 aliphatic carbocycles. The second-order valence-electron chi connectivity index (χ2n) is 3.21. The fourth-order valence-electron chi connectivity index (χ4n) is 1.10. The fourth-order valence-corrected chi connectivity index (χ4v) is 1.33. The third-order valence-corrected chi connectivity index (χ3v) is 2.31. The van der Waals surface area contributed by atoms with Gasteiger partial charge in [0.1, 0.15) is 0 Å². The van der Waals surface area contributed by atoms with E-state index in [-0.39, 0.29) is 0 Å². The van der Waals surface area contributed by atoms with E-state index in [0.717, 1.165) is 23.3 Å². The molecule has 1 aromatic heterocycles. The molecule has 0 amide bonds. The van der Waals surface area contributed by atoms with Gasteiger partial charge in [0.15, 0.2) is 0 Å². The minimum atomic E-state index is 0.352. The zero-order chi connectivity index (χ0) is 10.4. The number of nitrogens with one attached hydrogen (secondary N) is 1. The van der Waals surface area contributed by atoms with Crippen LogP contribution in [0.1, 0.15) is 12.6 Å². The Morgan fingerprint density at radius 2 is 2.36 bits per heavy atom. The number of rotatable bonds is 5. The van der Waals surface area contributed by atoms with Crippen molar-refractivity contribution in [2.45, 2.75) is 19.5 Å². The molecule has 1 aromatic rings. The molecule has 14 heavy (non-hydrogen) atoms. The molecule has 0 aromatic carbocycles. The molecule has 1 N–H and O–H groups in total. The predicted octanol–water partition coefficient (Wildman–Crippen LogP) is 1.97. The van der Waals surface area contributed by atoms with E-state index < -0.39 is 0 Å². The molecule has 1 heterocycles. The average molecular weight is 259 g/mol. The Morgan fingerprint density at radius 3 is 2.93 bits per heavy atom. The Morgan fingerprint density at radius 1 is 1.57 bits per heavy atom. The van der Waals surface area contributed by atoms with Crippen LogP contribution in [0.15, 0.2) is 22.8 Å². The molecule has 0 aliphatic rings. The Balaban J connectivity index is 2.34. The summed E-state index contributed by atoms with van der Waals surface area (Å²) >= 11 is 3.35. The fraction of sp³-hybridized carbons (Fsp3) is 0.500. The van der Waals surface area contributed by atoms with Crippen molar-refractivity contribution < 1.29 is 4.74 Å². The van der Waals surface area contributed by atoms with Crippen molar-refractivity contribution >= 4 is 15.9 Å². The first-order valence-corrected chi connectivity index (χ1v) is 5.34. The van der Waals surface area contributed by atoms with Gasteiger partial charge in [0.25, 0.3) is 0 Å². The standard InChI is InChI=1S/C10H15BrN2O/c1-8(7-14-2)12-6-10-4-3-9(11)5-13-10/h3-5,8,12H,6-7H2,1-2H3/t8-/m1/s1. The molecule has 0 fully saturated rings. The average Bonchev–Trinajstić information content (AvgIpc) is 2.17. The first kappa shape index (κ1) is 11.6. The van der Waals surface area contributed by atoms with E-state index in [4.69, 9.17) is 4.74 Å². The first-order chi connectivity index (χ1) is 6.72. The van der Waals surface area contributed by atoms with Gasteiger partial charge in [-0.3, -0.25) is 4.98 Å². The number of hydrogen-bond donors (Lipinski definition) is 1. The van der Waals surface area contributed by atoms with Gasteiger partial charge in [0.2, 0.25) is 0 Å². The normalized spacial score (nSPS) is 12.8. The number of methoxy groups -OCH3 is 1. The quantitative estimate of drug-likeness (QED) is 0.877. The van der Waals surface area contributed by atoms with Crippen molar-refractivity contribution in [2.75, 3.05) is 13.7 Å². The van der Waals surface area contributed by atoms with Gasteiger partial charge in [0, 0.05) is 30.4 Å². The van der Waals surface area contributed by atoms with Gasteiger partial charge in [-0.25, -0.2) is 0 Å². The highest BCUT2D eigenvalue weighted by molar-refractivity contribution is 9.10. The van der Waals surface area contributed by atoms with Gasteiger partial charge in [-0.1, -0.05) is 0 Å². The van der Waals surface area contributed by atoms with Crippen LogP contribution in [0.5, 0.6) is 0 Å². The van der Waals surface area contributed by atoms with Crippen LogP contribution >= 0.6 is 15.9 Å². The molecule has 0 aliphatic heterocycles. The molecule has 0 saturated carbocycles. The number of nitrogens with zero attached hydrogens (tertiary/aromatic N) is 1. The van der Waals surface area contributed by atoms with Crippen molar-refractivity contribution in [3.63, 3.8) is 0 Å². The number of halogens is 1. The minimum Gasteiger partial charge on any atom is -0.383 e. The maximum atomic E-state index is 5.02. The van der Waals surface area contributed by atoms with Crippen LogP contribution in [0.3, 0.4) is 0 Å². The molecule has 3 nitrogen and oxygen atoms in total. The molecule has 4 heteroatoms. The van der Waals surface area contributed by atoms with Crippen LogP contribution in [-0.2, 0) is 11.3 Å². The van der Waals surface area contributed by atoms with E-state index >= 15 is 0 Å². The van der Waals surface area contributed by atoms with E-state index in [0.29, 0.717) is 6.04 Å². The van der Waals surface area contributed by atoms with Crippen LogP contribution < -0.4 is 5.32 Å². The highest BCUT2D eigenvalue weighted by atomic mass is 79.9. The molecule has 0 saturated heterocycles. The third kappa shape index (κ3) is 4.17. The van der Waals surface area contributed by atoms with Gasteiger partial charge >= 0.3 is 0 Å². The summed E-state index contributed by atoms with van der Waals surface area (Å²) in [6.45, 7) is 3.58. The summed E-state index contributed by atoms with van der Waals surface area (Å²) in [7, 11) is 1.70. The van der Waals surface area contributed by atoms with Crippen LogP contribution in [0.4, 0.5) is 0 Å². The van der Waals surface area contributed by atoms with Crippen LogP contribution in [0.2, 0.25) is 0 Å². The zero-order valence-corrected chi connectivity index (χ0v) is 10.0. The summed E-state index contributed by atoms with van der Waals surface area (Å²) in [6.07, 6.45) is 1.80. The Labute approximate surface area is 93.0 Å². The van der Waals surface area contributed by atoms with Gasteiger partial charge in [-0.05, 0) is 35.0 Å². The van der Waals surface area contributed by atoms with E-state index in [1.165, 1.54) is 0 Å². The summed E-state index contributed by atoms with van der Waals surface area (Å²) < 4.78 is 6.03. The van der Waals surface area contributed by atoms with Crippen LogP contribution in [0, 0.1) is 0 Å². The highest BCUT2D eigenvalue weighted by Crippen LogP contribution is 2.07. The lowest BCUT2D eigenvalue weighted by atomic mass is 10.3. The lowest BCUT2D eigenvalue weighted by Gasteiger charge is -2.11. The summed E-state index contributed by atoms with van der Waals surface area (Å²) in [5.74, 6) is 0. The molecular weight excluding hydrogens is 244 g/mol. The molecule has 78 valence electrons. The number of ether oxygens (including phenoxy) is 1. The summed E-state index contributed by atoms with van der Waals surface area (Å²) in [5.41, 5.74) is 1.04. The van der Waals surface area contributed by atoms with Crippen LogP contribution in [-0.4, -0.2) is 24.7 Å². The summed E-state index contributed by atoms with van der Waals surface area (Å²) in [4.78, 5) is 4.26. The van der Waals surface area contributed by atoms with Crippen LogP contribution in [0.25, 0.3) is 0 Å². The predicted molar refractivity (Wildman–Crippen MR) is 60.1 cm³/mol. The molecule has 0 spiro atoms. The molecule has 0 bridgehead atoms. The maximum absolute atomic E-state index is 5.02. The van der Waals surface area contributed by atoms with E-state index in [1.807, 2.05) is 12.1 Å². The van der Waals surface area contributed by atoms with Crippen molar-refractivity contribution in [3.05, 3.63) is 28.5 Å². The van der Waals surface area contributed by atoms with Gasteiger partial charge < -0.3 is 10.1 Å². The second-order valence-corrected chi connectivity index (χ2v) is 4.12. The molecule has 1 atom stereocenters. The SMILES string of the molecule is COC[C@@H](C)NCc1ccc(Br)cn1. The Kier molecular flexibility index (Phi) is 5.07. The van der Waals surface area contributed by atoms with Gasteiger partial charge in [0.05, 0.1) is 12.3 Å². The van der Waals surface area contributed by atoms with Crippen molar-refractivity contribution in [2.24, 2.45) is 0 Å². The zero-order valence-electron chi connectivity index (χ0n) is 8.46. The monoisotopic (exact) mass is 258 g/mol. The maximum Gasteiger partial charge on any atom is 0.0613 e. The third-order valence-electron chi connectivity index (χ3n) is 1.84. The molecule has 0 unspecified atom stereocenters. The van der Waals surface area contributed by atoms with Crippen molar-refractivity contribution in [3.8, 4) is 0 Å². The number of hydrogen-bond acceptors (Lipinski definition) is 3.